The van der Waals surface area contributed by atoms with Crippen molar-refractivity contribution in [2.75, 3.05) is 0 Å². The summed E-state index contributed by atoms with van der Waals surface area (Å²) in [6.07, 6.45) is 7.68. The van der Waals surface area contributed by atoms with E-state index in [0.29, 0.717) is 0 Å². The molecule has 4 nitrogen and oxygen atoms in total. The largest absolute Gasteiger partial charge is 0.328 e. The van der Waals surface area contributed by atoms with Crippen LogP contribution < -0.4 is 5.32 Å². The van der Waals surface area contributed by atoms with E-state index in [1.165, 1.54) is 11.1 Å². The zero-order chi connectivity index (χ0) is 14.0. The third kappa shape index (κ3) is 5.66. The highest BCUT2D eigenvalue weighted by Crippen LogP contribution is 2.14. The number of nitrogens with zero attached hydrogens (tertiary/aromatic N) is 1. The molecular formula is C14H24N2O2. The molecule has 0 aromatic rings. The summed E-state index contributed by atoms with van der Waals surface area (Å²) in [6, 6.07) is -0.343. The van der Waals surface area contributed by atoms with E-state index in [2.05, 4.69) is 25.4 Å². The molecule has 0 rings (SSSR count). The van der Waals surface area contributed by atoms with E-state index in [1.807, 2.05) is 6.92 Å². The first-order valence-corrected chi connectivity index (χ1v) is 6.48. The molecule has 1 unspecified atom stereocenters. The molecule has 0 saturated heterocycles. The first-order chi connectivity index (χ1) is 8.60. The maximum atomic E-state index is 11.9. The summed E-state index contributed by atoms with van der Waals surface area (Å²) in [5.41, 5.74) is 0. The van der Waals surface area contributed by atoms with E-state index in [0.717, 1.165) is 38.2 Å². The van der Waals surface area contributed by atoms with Crippen LogP contribution in [0.1, 0.15) is 46.0 Å². The number of imide groups is 1. The van der Waals surface area contributed by atoms with Crippen molar-refractivity contribution in [2.45, 2.75) is 52.0 Å². The fourth-order valence-corrected chi connectivity index (χ4v) is 1.79. The van der Waals surface area contributed by atoms with Gasteiger partial charge in [-0.2, -0.15) is 0 Å². The van der Waals surface area contributed by atoms with Crippen molar-refractivity contribution in [1.82, 2.24) is 10.2 Å². The molecule has 1 N–H and O–H groups in total. The number of rotatable bonds is 8. The summed E-state index contributed by atoms with van der Waals surface area (Å²) < 4.78 is 0. The Morgan fingerprint density at radius 1 is 1.28 bits per heavy atom. The number of nitrogens with one attached hydrogen (secondary N) is 1. The number of unbranched alkanes of at least 4 members (excludes halogenated alkanes) is 2. The molecule has 0 bridgehead atoms. The van der Waals surface area contributed by atoms with Gasteiger partial charge in [0.25, 0.3) is 5.91 Å². The van der Waals surface area contributed by atoms with Crippen molar-refractivity contribution in [3.8, 4) is 0 Å². The van der Waals surface area contributed by atoms with Gasteiger partial charge in [-0.3, -0.25) is 15.0 Å². The molecule has 0 heterocycles. The highest BCUT2D eigenvalue weighted by Gasteiger charge is 2.20. The van der Waals surface area contributed by atoms with Gasteiger partial charge in [0.1, 0.15) is 0 Å². The van der Waals surface area contributed by atoms with Gasteiger partial charge in [0, 0.05) is 12.2 Å². The van der Waals surface area contributed by atoms with Crippen molar-refractivity contribution in [3.05, 3.63) is 25.4 Å². The number of amides is 3. The van der Waals surface area contributed by atoms with Crippen LogP contribution in [0.15, 0.2) is 25.4 Å². The zero-order valence-corrected chi connectivity index (χ0v) is 11.4. The van der Waals surface area contributed by atoms with Crippen LogP contribution in [0.5, 0.6) is 0 Å². The lowest BCUT2D eigenvalue weighted by molar-refractivity contribution is -0.115. The summed E-state index contributed by atoms with van der Waals surface area (Å²) in [7, 11) is 0. The summed E-state index contributed by atoms with van der Waals surface area (Å²) in [6.45, 7) is 11.1. The average Bonchev–Trinajstić information content (AvgIpc) is 2.37. The van der Waals surface area contributed by atoms with Crippen LogP contribution >= 0.6 is 0 Å². The summed E-state index contributed by atoms with van der Waals surface area (Å²) >= 11 is 0. The third-order valence-electron chi connectivity index (χ3n) is 2.85. The highest BCUT2D eigenvalue weighted by atomic mass is 16.2. The van der Waals surface area contributed by atoms with Crippen molar-refractivity contribution >= 4 is 11.9 Å². The second kappa shape index (κ2) is 9.45. The lowest BCUT2D eigenvalue weighted by Crippen LogP contribution is -2.44. The molecule has 3 amide bonds. The van der Waals surface area contributed by atoms with Crippen LogP contribution in [-0.4, -0.2) is 22.9 Å². The predicted molar refractivity (Wildman–Crippen MR) is 74.0 cm³/mol. The second-order valence-electron chi connectivity index (χ2n) is 4.15. The first-order valence-electron chi connectivity index (χ1n) is 6.48. The molecule has 0 spiro atoms. The maximum absolute atomic E-state index is 11.9. The van der Waals surface area contributed by atoms with Gasteiger partial charge in [-0.25, -0.2) is 4.79 Å². The number of carbonyl (C=O) groups excluding carboxylic acids is 2. The van der Waals surface area contributed by atoms with Gasteiger partial charge >= 0.3 is 6.03 Å². The number of hydrogen-bond donors (Lipinski definition) is 1. The molecule has 1 atom stereocenters. The Morgan fingerprint density at radius 3 is 2.39 bits per heavy atom. The van der Waals surface area contributed by atoms with Crippen LogP contribution in [0.2, 0.25) is 0 Å². The lowest BCUT2D eigenvalue weighted by Gasteiger charge is -2.27. The summed E-state index contributed by atoms with van der Waals surface area (Å²) in [5, 5.41) is 2.24. The number of hydrogen-bond acceptors (Lipinski definition) is 2. The van der Waals surface area contributed by atoms with Crippen LogP contribution in [0, 0.1) is 0 Å². The molecule has 102 valence electrons. The fraction of sp³-hybridized carbons (Fsp3) is 0.571. The van der Waals surface area contributed by atoms with Gasteiger partial charge in [0.15, 0.2) is 0 Å². The van der Waals surface area contributed by atoms with Gasteiger partial charge < -0.3 is 0 Å². The normalized spacial score (nSPS) is 11.4. The van der Waals surface area contributed by atoms with E-state index >= 15 is 0 Å². The minimum atomic E-state index is -0.490. The summed E-state index contributed by atoms with van der Waals surface area (Å²) in [4.78, 5) is 24.5. The van der Waals surface area contributed by atoms with E-state index in [9.17, 15) is 9.59 Å². The molecule has 0 aromatic heterocycles. The molecule has 18 heavy (non-hydrogen) atoms. The van der Waals surface area contributed by atoms with E-state index in [4.69, 9.17) is 0 Å². The maximum Gasteiger partial charge on any atom is 0.328 e. The van der Waals surface area contributed by atoms with Crippen molar-refractivity contribution < 1.29 is 9.59 Å². The summed E-state index contributed by atoms with van der Waals surface area (Å²) in [5.74, 6) is -0.490. The fourth-order valence-electron chi connectivity index (χ4n) is 1.79. The predicted octanol–water partition coefficient (Wildman–Crippen LogP) is 3.21. The molecule has 0 aliphatic carbocycles. The Bertz CT molecular complexity index is 300. The molecule has 0 aliphatic rings. The Balaban J connectivity index is 4.49. The average molecular weight is 252 g/mol. The van der Waals surface area contributed by atoms with Crippen LogP contribution in [0.4, 0.5) is 4.79 Å². The topological polar surface area (TPSA) is 49.4 Å². The van der Waals surface area contributed by atoms with Crippen molar-refractivity contribution in [1.29, 1.82) is 0 Å². The third-order valence-corrected chi connectivity index (χ3v) is 2.85. The van der Waals surface area contributed by atoms with Crippen molar-refractivity contribution in [3.63, 3.8) is 0 Å². The Labute approximate surface area is 110 Å². The Morgan fingerprint density at radius 2 is 1.94 bits per heavy atom. The minimum Gasteiger partial charge on any atom is -0.298 e. The molecule has 0 radical (unpaired) electrons. The van der Waals surface area contributed by atoms with Gasteiger partial charge in [-0.1, -0.05) is 46.3 Å². The monoisotopic (exact) mass is 252 g/mol. The smallest absolute Gasteiger partial charge is 0.298 e. The van der Waals surface area contributed by atoms with Gasteiger partial charge in [0.2, 0.25) is 0 Å². The number of carbonyl (C=O) groups is 2. The highest BCUT2D eigenvalue weighted by molar-refractivity contribution is 6.00. The standard InChI is InChI=1S/C14H24N2O2/c1-5-9-10-11-12(6-2)16(8-4)14(18)15-13(17)7-3/h7-8,12H,3-6,9-11H2,1-2H3,(H,15,17,18). The first kappa shape index (κ1) is 16.4. The van der Waals surface area contributed by atoms with E-state index < -0.39 is 11.9 Å². The van der Waals surface area contributed by atoms with Gasteiger partial charge in [-0.05, 0) is 18.9 Å². The molecule has 0 aliphatic heterocycles. The molecular weight excluding hydrogens is 228 g/mol. The molecule has 0 fully saturated rings. The number of urea groups is 1. The van der Waals surface area contributed by atoms with E-state index in [1.54, 1.807) is 0 Å². The van der Waals surface area contributed by atoms with Crippen LogP contribution in [-0.2, 0) is 4.79 Å². The Hall–Kier alpha value is -1.58. The van der Waals surface area contributed by atoms with Gasteiger partial charge in [-0.15, -0.1) is 0 Å². The molecule has 0 aromatic carbocycles. The molecule has 4 heteroatoms. The second-order valence-corrected chi connectivity index (χ2v) is 4.15. The van der Waals surface area contributed by atoms with Crippen LogP contribution in [0.25, 0.3) is 0 Å². The van der Waals surface area contributed by atoms with Gasteiger partial charge in [0.05, 0.1) is 0 Å². The quantitative estimate of drug-likeness (QED) is 0.532. The van der Waals surface area contributed by atoms with Crippen molar-refractivity contribution in [2.24, 2.45) is 0 Å². The lowest BCUT2D eigenvalue weighted by atomic mass is 10.1. The SMILES string of the molecule is C=CC(=O)NC(=O)N(C=C)C(CC)CCCCC. The Kier molecular flexibility index (Phi) is 8.62. The zero-order valence-electron chi connectivity index (χ0n) is 11.4. The van der Waals surface area contributed by atoms with Crippen LogP contribution in [0.3, 0.4) is 0 Å². The minimum absolute atomic E-state index is 0.0895. The van der Waals surface area contributed by atoms with E-state index in [-0.39, 0.29) is 6.04 Å². The molecule has 0 saturated carbocycles.